The fourth-order valence-corrected chi connectivity index (χ4v) is 2.54. The van der Waals surface area contributed by atoms with Gasteiger partial charge in [0.05, 0.1) is 0 Å². The Hall–Kier alpha value is -2.50. The molecule has 2 aromatic carbocycles. The number of benzene rings is 2. The van der Waals surface area contributed by atoms with Crippen LogP contribution in [0, 0.1) is 0 Å². The van der Waals surface area contributed by atoms with Gasteiger partial charge >= 0.3 is 0 Å². The van der Waals surface area contributed by atoms with Crippen molar-refractivity contribution in [1.82, 2.24) is 15.1 Å². The third-order valence-electron chi connectivity index (χ3n) is 3.43. The molecule has 0 bridgehead atoms. The first-order valence-corrected chi connectivity index (χ1v) is 8.31. The van der Waals surface area contributed by atoms with Crippen LogP contribution in [0.4, 0.5) is 0 Å². The number of halogens is 2. The van der Waals surface area contributed by atoms with Crippen molar-refractivity contribution < 1.29 is 9.53 Å². The Morgan fingerprint density at radius 3 is 2.76 bits per heavy atom. The van der Waals surface area contributed by atoms with Gasteiger partial charge in [-0.25, -0.2) is 4.68 Å². The molecule has 1 aromatic heterocycles. The van der Waals surface area contributed by atoms with E-state index < -0.39 is 0 Å². The first kappa shape index (κ1) is 17.3. The summed E-state index contributed by atoms with van der Waals surface area (Å²) in [5.74, 6) is 0.356. The number of ether oxygens (including phenoxy) is 1. The molecule has 128 valence electrons. The van der Waals surface area contributed by atoms with Gasteiger partial charge in [-0.3, -0.25) is 4.79 Å². The summed E-state index contributed by atoms with van der Waals surface area (Å²) in [5.41, 5.74) is 1.16. The average Bonchev–Trinajstić information content (AvgIpc) is 3.08. The number of carbonyl (C=O) groups excluding carboxylic acids is 1. The second-order valence-corrected chi connectivity index (χ2v) is 6.09. The Labute approximate surface area is 155 Å². The van der Waals surface area contributed by atoms with Crippen LogP contribution in [0.5, 0.6) is 5.75 Å². The fourth-order valence-electron chi connectivity index (χ4n) is 2.16. The summed E-state index contributed by atoms with van der Waals surface area (Å²) in [6, 6.07) is 16.1. The number of hydrogen-bond acceptors (Lipinski definition) is 3. The molecule has 1 heterocycles. The van der Waals surface area contributed by atoms with Crippen molar-refractivity contribution in [3.8, 4) is 5.75 Å². The van der Waals surface area contributed by atoms with Gasteiger partial charge in [-0.05, 0) is 35.9 Å². The van der Waals surface area contributed by atoms with E-state index >= 15 is 0 Å². The zero-order valence-electron chi connectivity index (χ0n) is 13.2. The topological polar surface area (TPSA) is 56.2 Å². The molecule has 0 saturated heterocycles. The van der Waals surface area contributed by atoms with Crippen LogP contribution in [-0.4, -0.2) is 15.7 Å². The van der Waals surface area contributed by atoms with Gasteiger partial charge in [-0.2, -0.15) is 5.10 Å². The molecule has 0 fully saturated rings. The van der Waals surface area contributed by atoms with Crippen molar-refractivity contribution >= 4 is 29.1 Å². The number of aromatic nitrogens is 2. The van der Waals surface area contributed by atoms with Crippen LogP contribution in [0.15, 0.2) is 60.8 Å². The summed E-state index contributed by atoms with van der Waals surface area (Å²) in [5, 5.41) is 8.20. The summed E-state index contributed by atoms with van der Waals surface area (Å²) >= 11 is 12.0. The standard InChI is InChI=1S/C18H15Cl2N3O2/c19-14-5-3-6-15(10-14)25-12-23-9-8-17(22-23)18(24)21-11-13-4-1-2-7-16(13)20/h1-10H,11-12H2,(H,21,24). The van der Waals surface area contributed by atoms with E-state index in [2.05, 4.69) is 10.4 Å². The minimum atomic E-state index is -0.276. The highest BCUT2D eigenvalue weighted by molar-refractivity contribution is 6.31. The summed E-state index contributed by atoms with van der Waals surface area (Å²) in [6.07, 6.45) is 1.68. The first-order chi connectivity index (χ1) is 12.1. The Balaban J connectivity index is 1.55. The molecule has 0 saturated carbocycles. The molecule has 1 amide bonds. The van der Waals surface area contributed by atoms with Crippen LogP contribution in [0.1, 0.15) is 16.1 Å². The molecule has 3 rings (SSSR count). The molecule has 0 atom stereocenters. The molecule has 0 aliphatic carbocycles. The Kier molecular flexibility index (Phi) is 5.58. The van der Waals surface area contributed by atoms with Crippen LogP contribution >= 0.6 is 23.2 Å². The Bertz CT molecular complexity index is 880. The van der Waals surface area contributed by atoms with Crippen LogP contribution in [0.3, 0.4) is 0 Å². The molecule has 0 aliphatic heterocycles. The molecule has 0 aliphatic rings. The Morgan fingerprint density at radius 2 is 1.96 bits per heavy atom. The van der Waals surface area contributed by atoms with E-state index in [-0.39, 0.29) is 12.6 Å². The molecular weight excluding hydrogens is 361 g/mol. The lowest BCUT2D eigenvalue weighted by Crippen LogP contribution is -2.23. The number of nitrogens with one attached hydrogen (secondary N) is 1. The fraction of sp³-hybridized carbons (Fsp3) is 0.111. The highest BCUT2D eigenvalue weighted by Crippen LogP contribution is 2.17. The maximum atomic E-state index is 12.2. The van der Waals surface area contributed by atoms with Gasteiger partial charge in [0.15, 0.2) is 6.73 Å². The second kappa shape index (κ2) is 8.05. The van der Waals surface area contributed by atoms with E-state index in [1.807, 2.05) is 18.2 Å². The minimum Gasteiger partial charge on any atom is -0.471 e. The van der Waals surface area contributed by atoms with E-state index in [1.54, 1.807) is 42.6 Å². The normalized spacial score (nSPS) is 10.5. The minimum absolute atomic E-state index is 0.179. The smallest absolute Gasteiger partial charge is 0.272 e. The molecule has 25 heavy (non-hydrogen) atoms. The van der Waals surface area contributed by atoms with E-state index in [9.17, 15) is 4.79 Å². The lowest BCUT2D eigenvalue weighted by Gasteiger charge is -2.07. The van der Waals surface area contributed by atoms with Crippen molar-refractivity contribution in [2.75, 3.05) is 0 Å². The third kappa shape index (κ3) is 4.75. The molecule has 1 N–H and O–H groups in total. The number of amides is 1. The van der Waals surface area contributed by atoms with Crippen LogP contribution in [0.25, 0.3) is 0 Å². The van der Waals surface area contributed by atoms with E-state index in [0.29, 0.717) is 28.0 Å². The quantitative estimate of drug-likeness (QED) is 0.703. The first-order valence-electron chi connectivity index (χ1n) is 7.55. The predicted octanol–water partition coefficient (Wildman–Crippen LogP) is 4.16. The van der Waals surface area contributed by atoms with Crippen molar-refractivity contribution in [2.45, 2.75) is 13.3 Å². The summed E-state index contributed by atoms with van der Waals surface area (Å²) < 4.78 is 7.11. The highest BCUT2D eigenvalue weighted by Gasteiger charge is 2.10. The van der Waals surface area contributed by atoms with Gasteiger partial charge in [0.1, 0.15) is 11.4 Å². The largest absolute Gasteiger partial charge is 0.471 e. The third-order valence-corrected chi connectivity index (χ3v) is 4.03. The van der Waals surface area contributed by atoms with E-state index in [4.69, 9.17) is 27.9 Å². The zero-order valence-corrected chi connectivity index (χ0v) is 14.7. The van der Waals surface area contributed by atoms with Crippen LogP contribution < -0.4 is 10.1 Å². The number of nitrogens with zero attached hydrogens (tertiary/aromatic N) is 2. The zero-order chi connectivity index (χ0) is 17.6. The molecule has 0 spiro atoms. The van der Waals surface area contributed by atoms with Crippen molar-refractivity contribution in [2.24, 2.45) is 0 Å². The second-order valence-electron chi connectivity index (χ2n) is 5.25. The number of hydrogen-bond donors (Lipinski definition) is 1. The predicted molar refractivity (Wildman–Crippen MR) is 96.9 cm³/mol. The van der Waals surface area contributed by atoms with Gasteiger partial charge in [-0.1, -0.05) is 47.5 Å². The average molecular weight is 376 g/mol. The number of carbonyl (C=O) groups is 1. The summed E-state index contributed by atoms with van der Waals surface area (Å²) in [6.45, 7) is 0.516. The molecule has 0 unspecified atom stereocenters. The van der Waals surface area contributed by atoms with Gasteiger partial charge in [0.25, 0.3) is 5.91 Å². The monoisotopic (exact) mass is 375 g/mol. The van der Waals surface area contributed by atoms with E-state index in [0.717, 1.165) is 5.56 Å². The lowest BCUT2D eigenvalue weighted by molar-refractivity contribution is 0.0944. The highest BCUT2D eigenvalue weighted by atomic mass is 35.5. The SMILES string of the molecule is O=C(NCc1ccccc1Cl)c1ccn(COc2cccc(Cl)c2)n1. The summed E-state index contributed by atoms with van der Waals surface area (Å²) in [4.78, 5) is 12.2. The lowest BCUT2D eigenvalue weighted by atomic mass is 10.2. The maximum absolute atomic E-state index is 12.2. The molecule has 3 aromatic rings. The number of rotatable bonds is 6. The van der Waals surface area contributed by atoms with Gasteiger partial charge < -0.3 is 10.1 Å². The van der Waals surface area contributed by atoms with Crippen LogP contribution in [0.2, 0.25) is 10.0 Å². The van der Waals surface area contributed by atoms with Crippen molar-refractivity contribution in [3.63, 3.8) is 0 Å². The molecular formula is C18H15Cl2N3O2. The molecule has 7 heteroatoms. The summed E-state index contributed by atoms with van der Waals surface area (Å²) in [7, 11) is 0. The van der Waals surface area contributed by atoms with Crippen LogP contribution in [-0.2, 0) is 13.3 Å². The van der Waals surface area contributed by atoms with Gasteiger partial charge in [0, 0.05) is 22.8 Å². The Morgan fingerprint density at radius 1 is 1.12 bits per heavy atom. The molecule has 0 radical (unpaired) electrons. The van der Waals surface area contributed by atoms with Crippen molar-refractivity contribution in [1.29, 1.82) is 0 Å². The van der Waals surface area contributed by atoms with E-state index in [1.165, 1.54) is 4.68 Å². The van der Waals surface area contributed by atoms with Crippen molar-refractivity contribution in [3.05, 3.63) is 82.1 Å². The van der Waals surface area contributed by atoms with Gasteiger partial charge in [0.2, 0.25) is 0 Å². The maximum Gasteiger partial charge on any atom is 0.272 e. The van der Waals surface area contributed by atoms with Gasteiger partial charge in [-0.15, -0.1) is 0 Å². The molecule has 5 nitrogen and oxygen atoms in total.